The summed E-state index contributed by atoms with van der Waals surface area (Å²) in [4.78, 5) is 0. The van der Waals surface area contributed by atoms with E-state index in [1.54, 1.807) is 20.8 Å². The van der Waals surface area contributed by atoms with E-state index >= 15 is 0 Å². The molecule has 0 radical (unpaired) electrons. The maximum Gasteiger partial charge on any atom is 0.156 e. The Hall–Kier alpha value is -0.0900. The van der Waals surface area contributed by atoms with E-state index < -0.39 is 14.6 Å². The lowest BCUT2D eigenvalue weighted by Gasteiger charge is -2.32. The van der Waals surface area contributed by atoms with Crippen LogP contribution in [0.4, 0.5) is 0 Å². The van der Waals surface area contributed by atoms with Gasteiger partial charge >= 0.3 is 0 Å². The molecular formula is C13H27NO2S. The predicted molar refractivity (Wildman–Crippen MR) is 73.0 cm³/mol. The zero-order valence-electron chi connectivity index (χ0n) is 11.6. The van der Waals surface area contributed by atoms with Crippen molar-refractivity contribution in [2.75, 3.05) is 12.8 Å². The number of sulfone groups is 1. The summed E-state index contributed by atoms with van der Waals surface area (Å²) in [6.07, 6.45) is 6.14. The van der Waals surface area contributed by atoms with Crippen LogP contribution in [0.25, 0.3) is 0 Å². The third kappa shape index (κ3) is 3.95. The zero-order chi connectivity index (χ0) is 13.1. The number of hydrogen-bond acceptors (Lipinski definition) is 3. The van der Waals surface area contributed by atoms with Crippen LogP contribution < -0.4 is 5.32 Å². The van der Waals surface area contributed by atoms with E-state index in [1.807, 2.05) is 7.05 Å². The highest BCUT2D eigenvalue weighted by molar-refractivity contribution is 7.92. The summed E-state index contributed by atoms with van der Waals surface area (Å²) in [7, 11) is -1.13. The molecule has 0 aliphatic heterocycles. The molecule has 4 heteroatoms. The monoisotopic (exact) mass is 261 g/mol. The van der Waals surface area contributed by atoms with Gasteiger partial charge in [-0.1, -0.05) is 19.3 Å². The first kappa shape index (κ1) is 15.0. The molecule has 17 heavy (non-hydrogen) atoms. The Bertz CT molecular complexity index is 324. The van der Waals surface area contributed by atoms with E-state index in [0.717, 1.165) is 0 Å². The van der Waals surface area contributed by atoms with Crippen molar-refractivity contribution in [2.45, 2.75) is 63.7 Å². The van der Waals surface area contributed by atoms with E-state index in [1.165, 1.54) is 32.1 Å². The standard InChI is InChI=1S/C13H27NO2S/c1-13(2,3)17(15,16)10-12(14-4)11-8-6-5-7-9-11/h11-12,14H,5-10H2,1-4H3. The summed E-state index contributed by atoms with van der Waals surface area (Å²) in [5.74, 6) is 0.809. The van der Waals surface area contributed by atoms with Crippen LogP contribution in [0.1, 0.15) is 52.9 Å². The largest absolute Gasteiger partial charge is 0.316 e. The molecule has 0 aromatic heterocycles. The van der Waals surface area contributed by atoms with Gasteiger partial charge in [0.25, 0.3) is 0 Å². The van der Waals surface area contributed by atoms with E-state index in [2.05, 4.69) is 5.32 Å². The minimum atomic E-state index is -3.02. The number of rotatable bonds is 4. The molecule has 1 aliphatic carbocycles. The molecule has 0 amide bonds. The minimum absolute atomic E-state index is 0.125. The van der Waals surface area contributed by atoms with Crippen molar-refractivity contribution in [1.29, 1.82) is 0 Å². The first-order valence-electron chi connectivity index (χ1n) is 6.67. The van der Waals surface area contributed by atoms with Crippen molar-refractivity contribution in [3.05, 3.63) is 0 Å². The van der Waals surface area contributed by atoms with Gasteiger partial charge in [0.2, 0.25) is 0 Å². The molecule has 102 valence electrons. The van der Waals surface area contributed by atoms with Gasteiger partial charge in [0.1, 0.15) is 0 Å². The van der Waals surface area contributed by atoms with Gasteiger partial charge in [-0.05, 0) is 46.6 Å². The molecule has 1 saturated carbocycles. The second kappa shape index (κ2) is 5.70. The van der Waals surface area contributed by atoms with Crippen molar-refractivity contribution < 1.29 is 8.42 Å². The lowest BCUT2D eigenvalue weighted by Crippen LogP contribution is -2.44. The Morgan fingerprint density at radius 1 is 1.18 bits per heavy atom. The normalized spacial score (nSPS) is 21.4. The quantitative estimate of drug-likeness (QED) is 0.845. The van der Waals surface area contributed by atoms with Crippen LogP contribution in [0.2, 0.25) is 0 Å². The van der Waals surface area contributed by atoms with Crippen molar-refractivity contribution in [3.8, 4) is 0 Å². The van der Waals surface area contributed by atoms with Crippen LogP contribution >= 0.6 is 0 Å². The average Bonchev–Trinajstić information content (AvgIpc) is 2.25. The Morgan fingerprint density at radius 2 is 1.71 bits per heavy atom. The van der Waals surface area contributed by atoms with E-state index in [9.17, 15) is 8.42 Å². The molecule has 0 saturated heterocycles. The van der Waals surface area contributed by atoms with Gasteiger partial charge in [-0.3, -0.25) is 0 Å². The lowest BCUT2D eigenvalue weighted by atomic mass is 9.84. The van der Waals surface area contributed by atoms with Gasteiger partial charge in [-0.15, -0.1) is 0 Å². The first-order chi connectivity index (χ1) is 7.78. The fourth-order valence-electron chi connectivity index (χ4n) is 2.48. The van der Waals surface area contributed by atoms with Gasteiger partial charge in [-0.25, -0.2) is 8.42 Å². The maximum atomic E-state index is 12.2. The summed E-state index contributed by atoms with van der Waals surface area (Å²) < 4.78 is 23.8. The van der Waals surface area contributed by atoms with Gasteiger partial charge in [0.05, 0.1) is 10.5 Å². The highest BCUT2D eigenvalue weighted by atomic mass is 32.2. The van der Waals surface area contributed by atoms with Gasteiger partial charge in [0.15, 0.2) is 9.84 Å². The maximum absolute atomic E-state index is 12.2. The average molecular weight is 261 g/mol. The highest BCUT2D eigenvalue weighted by Crippen LogP contribution is 2.28. The third-order valence-electron chi connectivity index (χ3n) is 3.92. The van der Waals surface area contributed by atoms with Crippen molar-refractivity contribution in [2.24, 2.45) is 5.92 Å². The molecule has 0 aromatic rings. The zero-order valence-corrected chi connectivity index (χ0v) is 12.4. The van der Waals surface area contributed by atoms with E-state index in [-0.39, 0.29) is 11.8 Å². The molecule has 0 spiro atoms. The van der Waals surface area contributed by atoms with Gasteiger partial charge in [0, 0.05) is 6.04 Å². The van der Waals surface area contributed by atoms with E-state index in [0.29, 0.717) is 5.92 Å². The molecule has 1 fully saturated rings. The highest BCUT2D eigenvalue weighted by Gasteiger charge is 2.34. The summed E-state index contributed by atoms with van der Waals surface area (Å²) in [5, 5.41) is 3.22. The van der Waals surface area contributed by atoms with Gasteiger partial charge in [-0.2, -0.15) is 0 Å². The summed E-state index contributed by atoms with van der Waals surface area (Å²) in [6, 6.07) is 0.125. The molecular weight excluding hydrogens is 234 g/mol. The third-order valence-corrected chi connectivity index (χ3v) is 6.59. The number of hydrogen-bond donors (Lipinski definition) is 1. The molecule has 0 heterocycles. The molecule has 3 nitrogen and oxygen atoms in total. The summed E-state index contributed by atoms with van der Waals surface area (Å²) in [5.41, 5.74) is 0. The lowest BCUT2D eigenvalue weighted by molar-refractivity contribution is 0.292. The fourth-order valence-corrected chi connectivity index (χ4v) is 3.89. The molecule has 1 N–H and O–H groups in total. The first-order valence-corrected chi connectivity index (χ1v) is 8.33. The SMILES string of the molecule is CNC(CS(=O)(=O)C(C)(C)C)C1CCCCC1. The van der Waals surface area contributed by atoms with Crippen LogP contribution in [0.5, 0.6) is 0 Å². The van der Waals surface area contributed by atoms with Crippen LogP contribution in [0.3, 0.4) is 0 Å². The Morgan fingerprint density at radius 3 is 2.12 bits per heavy atom. The second-order valence-electron chi connectivity index (χ2n) is 6.19. The summed E-state index contributed by atoms with van der Waals surface area (Å²) >= 11 is 0. The molecule has 0 aromatic carbocycles. The predicted octanol–water partition coefficient (Wildman–Crippen LogP) is 2.37. The smallest absolute Gasteiger partial charge is 0.156 e. The van der Waals surface area contributed by atoms with Crippen LogP contribution in [-0.2, 0) is 9.84 Å². The van der Waals surface area contributed by atoms with Crippen molar-refractivity contribution in [3.63, 3.8) is 0 Å². The fraction of sp³-hybridized carbons (Fsp3) is 1.00. The van der Waals surface area contributed by atoms with Crippen LogP contribution in [0, 0.1) is 5.92 Å². The number of nitrogens with one attached hydrogen (secondary N) is 1. The topological polar surface area (TPSA) is 46.2 Å². The van der Waals surface area contributed by atoms with Crippen molar-refractivity contribution in [1.82, 2.24) is 5.32 Å². The minimum Gasteiger partial charge on any atom is -0.316 e. The second-order valence-corrected chi connectivity index (χ2v) is 8.97. The molecule has 1 aliphatic rings. The Kier molecular flexibility index (Phi) is 5.02. The molecule has 0 bridgehead atoms. The van der Waals surface area contributed by atoms with Crippen molar-refractivity contribution >= 4 is 9.84 Å². The molecule has 1 unspecified atom stereocenters. The summed E-state index contributed by atoms with van der Waals surface area (Å²) in [6.45, 7) is 5.36. The Balaban J connectivity index is 2.69. The van der Waals surface area contributed by atoms with E-state index in [4.69, 9.17) is 0 Å². The van der Waals surface area contributed by atoms with Crippen LogP contribution in [0.15, 0.2) is 0 Å². The molecule has 1 rings (SSSR count). The Labute approximate surface area is 106 Å². The van der Waals surface area contributed by atoms with Gasteiger partial charge < -0.3 is 5.32 Å². The molecule has 1 atom stereocenters. The van der Waals surface area contributed by atoms with Crippen LogP contribution in [-0.4, -0.2) is 32.0 Å².